The van der Waals surface area contributed by atoms with Crippen LogP contribution in [0.5, 0.6) is 0 Å². The number of hydrogen-bond donors (Lipinski definition) is 0. The fourth-order valence-corrected chi connectivity index (χ4v) is 7.43. The normalized spacial score (nSPS) is 30.8. The molecule has 48 heavy (non-hydrogen) atoms. The standard InChI is InChI=1S/C37H44O11/c1-20-28(44-21(2)38)17-27-30(45-22(3)39)16-26-19-37(8,35(43)34(47-24(5)41)33(20)36(27,6)7)31(46-23(4)40)18-29(26)48-32(42)15-14-25-12-10-9-11-13-25/h9-16,27-31,34H,17-19H2,1-8H3/b15-14+,26-16+/t27-,28-,29-,30-,31-,34+,37-/m0/s1. The van der Waals surface area contributed by atoms with Gasteiger partial charge < -0.3 is 23.7 Å². The van der Waals surface area contributed by atoms with E-state index in [-0.39, 0.29) is 19.3 Å². The van der Waals surface area contributed by atoms with Gasteiger partial charge in [-0.1, -0.05) is 44.2 Å². The van der Waals surface area contributed by atoms with Crippen molar-refractivity contribution in [3.05, 3.63) is 64.8 Å². The molecular weight excluding hydrogens is 620 g/mol. The fourth-order valence-electron chi connectivity index (χ4n) is 7.43. The molecule has 0 aromatic heterocycles. The molecule has 4 rings (SSSR count). The summed E-state index contributed by atoms with van der Waals surface area (Å²) in [6.07, 6.45) is -0.608. The Kier molecular flexibility index (Phi) is 10.8. The Morgan fingerprint density at radius 1 is 0.771 bits per heavy atom. The first-order chi connectivity index (χ1) is 22.4. The number of ether oxygens (including phenoxy) is 5. The Labute approximate surface area is 280 Å². The van der Waals surface area contributed by atoms with E-state index in [1.807, 2.05) is 44.2 Å². The lowest BCUT2D eigenvalue weighted by atomic mass is 9.57. The molecule has 1 fully saturated rings. The summed E-state index contributed by atoms with van der Waals surface area (Å²) in [7, 11) is 0. The van der Waals surface area contributed by atoms with Crippen molar-refractivity contribution in [1.82, 2.24) is 0 Å². The summed E-state index contributed by atoms with van der Waals surface area (Å²) in [5.74, 6) is -4.29. The zero-order valence-corrected chi connectivity index (χ0v) is 28.7. The number of hydrogen-bond acceptors (Lipinski definition) is 11. The van der Waals surface area contributed by atoms with Crippen LogP contribution >= 0.6 is 0 Å². The van der Waals surface area contributed by atoms with Crippen molar-refractivity contribution in [2.75, 3.05) is 0 Å². The smallest absolute Gasteiger partial charge is 0.331 e. The molecule has 0 N–H and O–H groups in total. The molecule has 7 atom stereocenters. The molecular formula is C37H44O11. The number of rotatable bonds is 7. The third-order valence-electron chi connectivity index (χ3n) is 9.63. The summed E-state index contributed by atoms with van der Waals surface area (Å²) < 4.78 is 29.2. The monoisotopic (exact) mass is 664 g/mol. The lowest BCUT2D eigenvalue weighted by molar-refractivity contribution is -0.173. The molecule has 0 radical (unpaired) electrons. The maximum Gasteiger partial charge on any atom is 0.331 e. The molecule has 0 unspecified atom stereocenters. The van der Waals surface area contributed by atoms with Gasteiger partial charge in [-0.25, -0.2) is 4.79 Å². The molecule has 0 aliphatic heterocycles. The average molecular weight is 665 g/mol. The zero-order valence-electron chi connectivity index (χ0n) is 28.7. The highest BCUT2D eigenvalue weighted by Crippen LogP contribution is 2.54. The first kappa shape index (κ1) is 36.3. The highest BCUT2D eigenvalue weighted by Gasteiger charge is 2.58. The van der Waals surface area contributed by atoms with E-state index in [2.05, 4.69) is 0 Å². The Morgan fingerprint density at radius 2 is 1.38 bits per heavy atom. The van der Waals surface area contributed by atoms with Crippen LogP contribution in [0.1, 0.15) is 80.2 Å². The van der Waals surface area contributed by atoms with Gasteiger partial charge in [-0.2, -0.15) is 0 Å². The van der Waals surface area contributed by atoms with E-state index in [1.165, 1.54) is 33.8 Å². The summed E-state index contributed by atoms with van der Waals surface area (Å²) in [4.78, 5) is 77.9. The first-order valence-electron chi connectivity index (χ1n) is 16.0. The van der Waals surface area contributed by atoms with E-state index >= 15 is 0 Å². The van der Waals surface area contributed by atoms with Crippen LogP contribution in [0, 0.1) is 16.7 Å². The second kappa shape index (κ2) is 14.3. The van der Waals surface area contributed by atoms with Crippen molar-refractivity contribution in [2.24, 2.45) is 16.7 Å². The van der Waals surface area contributed by atoms with E-state index in [1.54, 1.807) is 26.0 Å². The van der Waals surface area contributed by atoms with Crippen LogP contribution in [-0.4, -0.2) is 66.1 Å². The second-order valence-electron chi connectivity index (χ2n) is 13.5. The molecule has 0 amide bonds. The Morgan fingerprint density at radius 3 is 1.96 bits per heavy atom. The maximum absolute atomic E-state index is 14.9. The van der Waals surface area contributed by atoms with Crippen LogP contribution in [0.25, 0.3) is 6.08 Å². The number of ketones is 1. The minimum Gasteiger partial charge on any atom is -0.461 e. The van der Waals surface area contributed by atoms with Gasteiger partial charge in [-0.05, 0) is 66.5 Å². The predicted octanol–water partition coefficient (Wildman–Crippen LogP) is 5.01. The molecule has 0 heterocycles. The second-order valence-corrected chi connectivity index (χ2v) is 13.5. The van der Waals surface area contributed by atoms with Crippen molar-refractivity contribution in [3.63, 3.8) is 0 Å². The molecule has 1 saturated carbocycles. The molecule has 11 heteroatoms. The first-order valence-corrected chi connectivity index (χ1v) is 16.0. The van der Waals surface area contributed by atoms with Crippen molar-refractivity contribution >= 4 is 41.7 Å². The van der Waals surface area contributed by atoms with Gasteiger partial charge in [0.2, 0.25) is 0 Å². The molecule has 1 aromatic rings. The third kappa shape index (κ3) is 7.77. The van der Waals surface area contributed by atoms with Crippen LogP contribution in [0.15, 0.2) is 59.2 Å². The molecule has 4 bridgehead atoms. The summed E-state index contributed by atoms with van der Waals surface area (Å²) in [6, 6.07) is 9.16. The van der Waals surface area contributed by atoms with Gasteiger partial charge in [0.15, 0.2) is 11.9 Å². The molecule has 0 saturated heterocycles. The molecule has 3 aliphatic rings. The largest absolute Gasteiger partial charge is 0.461 e. The number of esters is 5. The van der Waals surface area contributed by atoms with E-state index in [0.717, 1.165) is 5.56 Å². The lowest BCUT2D eigenvalue weighted by Gasteiger charge is -2.51. The van der Waals surface area contributed by atoms with Crippen molar-refractivity contribution < 1.29 is 52.5 Å². The Balaban J connectivity index is 1.94. The van der Waals surface area contributed by atoms with Gasteiger partial charge in [0.25, 0.3) is 0 Å². The van der Waals surface area contributed by atoms with Crippen LogP contribution in [0.2, 0.25) is 0 Å². The van der Waals surface area contributed by atoms with Gasteiger partial charge in [0.05, 0.1) is 5.41 Å². The third-order valence-corrected chi connectivity index (χ3v) is 9.63. The minimum absolute atomic E-state index is 0.0630. The highest BCUT2D eigenvalue weighted by molar-refractivity contribution is 5.95. The molecule has 258 valence electrons. The van der Waals surface area contributed by atoms with Crippen LogP contribution in [0.4, 0.5) is 0 Å². The maximum atomic E-state index is 14.9. The van der Waals surface area contributed by atoms with Crippen LogP contribution in [0.3, 0.4) is 0 Å². The highest BCUT2D eigenvalue weighted by atomic mass is 16.6. The zero-order chi connectivity index (χ0) is 35.6. The lowest BCUT2D eigenvalue weighted by Crippen LogP contribution is -2.57. The van der Waals surface area contributed by atoms with Crippen molar-refractivity contribution in [1.29, 1.82) is 0 Å². The number of benzene rings is 1. The number of Topliss-reactive ketones (excluding diaryl/α,β-unsaturated/α-hetero) is 1. The van der Waals surface area contributed by atoms with Crippen molar-refractivity contribution in [3.8, 4) is 0 Å². The van der Waals surface area contributed by atoms with E-state index in [0.29, 0.717) is 16.7 Å². The molecule has 1 aromatic carbocycles. The summed E-state index contributed by atoms with van der Waals surface area (Å²) in [5.41, 5.74) is -0.236. The van der Waals surface area contributed by atoms with Gasteiger partial charge >= 0.3 is 29.8 Å². The van der Waals surface area contributed by atoms with E-state index < -0.39 is 82.9 Å². The van der Waals surface area contributed by atoms with Crippen LogP contribution < -0.4 is 0 Å². The minimum atomic E-state index is -1.48. The number of carbonyl (C=O) groups is 6. The predicted molar refractivity (Wildman–Crippen MR) is 173 cm³/mol. The molecule has 3 aliphatic carbocycles. The van der Waals surface area contributed by atoms with E-state index in [9.17, 15) is 28.8 Å². The SMILES string of the molecule is CC(=O)O[C@H]1C(=O)[C@@]2(C)C/C(=C\[C@H](OC(C)=O)[C@@H]3C[C@H](OC(C)=O)C(C)=C1C3(C)C)[C@@H](OC(=O)/C=C/c1ccccc1)C[C@@H]2OC(C)=O. The fraction of sp³-hybridized carbons (Fsp3) is 0.514. The summed E-state index contributed by atoms with van der Waals surface area (Å²) in [5, 5.41) is 0. The topological polar surface area (TPSA) is 149 Å². The Bertz CT molecular complexity index is 1570. The van der Waals surface area contributed by atoms with Gasteiger partial charge in [-0.3, -0.25) is 24.0 Å². The summed E-state index contributed by atoms with van der Waals surface area (Å²) >= 11 is 0. The van der Waals surface area contributed by atoms with Gasteiger partial charge in [-0.15, -0.1) is 0 Å². The van der Waals surface area contributed by atoms with Crippen molar-refractivity contribution in [2.45, 2.75) is 105 Å². The van der Waals surface area contributed by atoms with E-state index in [4.69, 9.17) is 23.7 Å². The Hall–Kier alpha value is -4.54. The quantitative estimate of drug-likeness (QED) is 0.168. The van der Waals surface area contributed by atoms with Gasteiger partial charge in [0, 0.05) is 46.1 Å². The average Bonchev–Trinajstić information content (AvgIpc) is 2.97. The van der Waals surface area contributed by atoms with Gasteiger partial charge in [0.1, 0.15) is 24.4 Å². The molecule has 11 nitrogen and oxygen atoms in total. The molecule has 0 spiro atoms. The number of fused-ring (bicyclic) bond motifs is 4. The van der Waals surface area contributed by atoms with Crippen LogP contribution in [-0.2, 0) is 52.5 Å². The number of carbonyl (C=O) groups excluding carboxylic acids is 6. The summed E-state index contributed by atoms with van der Waals surface area (Å²) in [6.45, 7) is 12.0.